The van der Waals surface area contributed by atoms with Crippen LogP contribution in [0, 0.1) is 6.92 Å². The molecule has 0 unspecified atom stereocenters. The summed E-state index contributed by atoms with van der Waals surface area (Å²) in [7, 11) is 0. The van der Waals surface area contributed by atoms with Crippen LogP contribution in [0.15, 0.2) is 30.3 Å². The van der Waals surface area contributed by atoms with Gasteiger partial charge in [-0.25, -0.2) is 4.98 Å². The summed E-state index contributed by atoms with van der Waals surface area (Å²) in [5, 5.41) is 17.7. The van der Waals surface area contributed by atoms with Crippen LogP contribution in [-0.4, -0.2) is 25.4 Å². The number of nitrogens with one attached hydrogen (secondary N) is 3. The topological polar surface area (TPSA) is 82.3 Å². The number of nitrogens with zero attached hydrogens (tertiary/aromatic N) is 3. The molecule has 3 N–H and O–H groups in total. The minimum atomic E-state index is 0.683. The Morgan fingerprint density at radius 1 is 1.14 bits per heavy atom. The monoisotopic (exact) mass is 282 g/mol. The highest BCUT2D eigenvalue weighted by Gasteiger charge is 2.06. The van der Waals surface area contributed by atoms with Crippen LogP contribution in [0.1, 0.15) is 24.1 Å². The van der Waals surface area contributed by atoms with E-state index >= 15 is 0 Å². The van der Waals surface area contributed by atoms with Crippen molar-refractivity contribution in [2.75, 3.05) is 5.32 Å². The van der Waals surface area contributed by atoms with Gasteiger partial charge in [0.15, 0.2) is 5.82 Å². The highest BCUT2D eigenvalue weighted by atomic mass is 15.2. The molecule has 6 heteroatoms. The van der Waals surface area contributed by atoms with Crippen molar-refractivity contribution in [1.82, 2.24) is 25.4 Å². The maximum atomic E-state index is 4.45. The fraction of sp³-hybridized carbons (Fsp3) is 0.267. The maximum absolute atomic E-state index is 4.45. The molecule has 0 radical (unpaired) electrons. The molecule has 3 aromatic rings. The van der Waals surface area contributed by atoms with E-state index in [1.54, 1.807) is 0 Å². The first-order valence-electron chi connectivity index (χ1n) is 7.01. The second-order valence-corrected chi connectivity index (χ2v) is 4.94. The van der Waals surface area contributed by atoms with E-state index in [0.717, 1.165) is 40.7 Å². The molecule has 2 heterocycles. The number of aromatic amines is 2. The van der Waals surface area contributed by atoms with Gasteiger partial charge < -0.3 is 5.32 Å². The van der Waals surface area contributed by atoms with E-state index in [9.17, 15) is 0 Å². The summed E-state index contributed by atoms with van der Waals surface area (Å²) in [4.78, 5) is 4.45. The van der Waals surface area contributed by atoms with Crippen molar-refractivity contribution in [3.05, 3.63) is 47.5 Å². The summed E-state index contributed by atoms with van der Waals surface area (Å²) in [5.41, 5.74) is 4.07. The first kappa shape index (κ1) is 13.4. The summed E-state index contributed by atoms with van der Waals surface area (Å²) in [5.74, 6) is 1.63. The van der Waals surface area contributed by atoms with E-state index in [4.69, 9.17) is 0 Å². The molecule has 0 atom stereocenters. The van der Waals surface area contributed by atoms with Crippen molar-refractivity contribution in [2.24, 2.45) is 0 Å². The van der Waals surface area contributed by atoms with Crippen molar-refractivity contribution in [1.29, 1.82) is 0 Å². The molecule has 0 saturated carbocycles. The fourth-order valence-electron chi connectivity index (χ4n) is 2.11. The first-order chi connectivity index (χ1) is 10.2. The molecule has 108 valence electrons. The Morgan fingerprint density at radius 3 is 2.76 bits per heavy atom. The van der Waals surface area contributed by atoms with Gasteiger partial charge in [-0.05, 0) is 25.1 Å². The van der Waals surface area contributed by atoms with Crippen LogP contribution in [0.5, 0.6) is 0 Å². The molecule has 0 saturated heterocycles. The van der Waals surface area contributed by atoms with Crippen LogP contribution in [0.3, 0.4) is 0 Å². The van der Waals surface area contributed by atoms with Crippen LogP contribution in [0.4, 0.5) is 5.69 Å². The summed E-state index contributed by atoms with van der Waals surface area (Å²) in [6.45, 7) is 4.72. The minimum Gasteiger partial charge on any atom is -0.379 e. The van der Waals surface area contributed by atoms with E-state index in [-0.39, 0.29) is 0 Å². The van der Waals surface area contributed by atoms with Gasteiger partial charge in [-0.15, -0.1) is 0 Å². The van der Waals surface area contributed by atoms with Gasteiger partial charge in [-0.2, -0.15) is 10.2 Å². The van der Waals surface area contributed by atoms with Crippen molar-refractivity contribution in [3.63, 3.8) is 0 Å². The molecule has 2 aromatic heterocycles. The van der Waals surface area contributed by atoms with E-state index in [1.807, 2.05) is 44.2 Å². The van der Waals surface area contributed by atoms with Crippen molar-refractivity contribution in [3.8, 4) is 11.4 Å². The largest absolute Gasteiger partial charge is 0.379 e. The molecule has 0 aliphatic rings. The Morgan fingerprint density at radius 2 is 2.05 bits per heavy atom. The number of H-pyrrole nitrogens is 2. The zero-order chi connectivity index (χ0) is 14.7. The van der Waals surface area contributed by atoms with Crippen LogP contribution in [0.25, 0.3) is 11.4 Å². The molecule has 0 aliphatic carbocycles. The van der Waals surface area contributed by atoms with Gasteiger partial charge in [0, 0.05) is 23.4 Å². The second-order valence-electron chi connectivity index (χ2n) is 4.94. The van der Waals surface area contributed by atoms with Crippen molar-refractivity contribution >= 4 is 5.69 Å². The molecular formula is C15H18N6. The van der Waals surface area contributed by atoms with E-state index in [1.165, 1.54) is 0 Å². The third-order valence-electron chi connectivity index (χ3n) is 3.22. The smallest absolute Gasteiger partial charge is 0.181 e. The number of anilines is 1. The number of aryl methyl sites for hydroxylation is 2. The molecule has 0 fully saturated rings. The number of hydrogen-bond acceptors (Lipinski definition) is 4. The predicted octanol–water partition coefficient (Wildman–Crippen LogP) is 2.68. The lowest BCUT2D eigenvalue weighted by Gasteiger charge is -2.05. The Bertz CT molecular complexity index is 727. The standard InChI is InChI=1S/C15H18N6/c1-3-14-17-15(21-20-14)11-5-4-6-12(8-11)16-9-13-7-10(2)18-19-13/h4-8,16H,3,9H2,1-2H3,(H,18,19)(H,17,20,21). The van der Waals surface area contributed by atoms with E-state index in [2.05, 4.69) is 30.7 Å². The maximum Gasteiger partial charge on any atom is 0.181 e. The molecule has 0 aliphatic heterocycles. The third-order valence-corrected chi connectivity index (χ3v) is 3.22. The van der Waals surface area contributed by atoms with Gasteiger partial charge in [0.1, 0.15) is 5.82 Å². The Balaban J connectivity index is 1.73. The second kappa shape index (κ2) is 5.78. The van der Waals surface area contributed by atoms with Gasteiger partial charge >= 0.3 is 0 Å². The number of rotatable bonds is 5. The lowest BCUT2D eigenvalue weighted by molar-refractivity contribution is 0.946. The average Bonchev–Trinajstić information content (AvgIpc) is 3.14. The third kappa shape index (κ3) is 3.10. The summed E-state index contributed by atoms with van der Waals surface area (Å²) < 4.78 is 0. The molecular weight excluding hydrogens is 264 g/mol. The van der Waals surface area contributed by atoms with Crippen LogP contribution < -0.4 is 5.32 Å². The molecule has 1 aromatic carbocycles. The van der Waals surface area contributed by atoms with Crippen LogP contribution in [0.2, 0.25) is 0 Å². The number of hydrogen-bond donors (Lipinski definition) is 3. The van der Waals surface area contributed by atoms with Gasteiger partial charge in [-0.1, -0.05) is 19.1 Å². The quantitative estimate of drug-likeness (QED) is 0.672. The Kier molecular flexibility index (Phi) is 3.68. The van der Waals surface area contributed by atoms with Gasteiger partial charge in [-0.3, -0.25) is 10.2 Å². The van der Waals surface area contributed by atoms with Gasteiger partial charge in [0.25, 0.3) is 0 Å². The summed E-state index contributed by atoms with van der Waals surface area (Å²) >= 11 is 0. The molecule has 21 heavy (non-hydrogen) atoms. The minimum absolute atomic E-state index is 0.683. The van der Waals surface area contributed by atoms with Crippen LogP contribution in [-0.2, 0) is 13.0 Å². The molecule has 0 amide bonds. The average molecular weight is 282 g/mol. The highest BCUT2D eigenvalue weighted by molar-refractivity contribution is 5.62. The summed E-state index contributed by atoms with van der Waals surface area (Å²) in [6, 6.07) is 10.1. The van der Waals surface area contributed by atoms with Gasteiger partial charge in [0.2, 0.25) is 0 Å². The van der Waals surface area contributed by atoms with Gasteiger partial charge in [0.05, 0.1) is 12.2 Å². The molecule has 6 nitrogen and oxygen atoms in total. The number of aromatic nitrogens is 5. The van der Waals surface area contributed by atoms with Crippen molar-refractivity contribution < 1.29 is 0 Å². The normalized spacial score (nSPS) is 10.8. The molecule has 0 spiro atoms. The number of benzene rings is 1. The lowest BCUT2D eigenvalue weighted by Crippen LogP contribution is -1.99. The van der Waals surface area contributed by atoms with Crippen LogP contribution >= 0.6 is 0 Å². The predicted molar refractivity (Wildman–Crippen MR) is 81.8 cm³/mol. The first-order valence-corrected chi connectivity index (χ1v) is 7.01. The Labute approximate surface area is 123 Å². The fourth-order valence-corrected chi connectivity index (χ4v) is 2.11. The van der Waals surface area contributed by atoms with Crippen molar-refractivity contribution in [2.45, 2.75) is 26.8 Å². The lowest BCUT2D eigenvalue weighted by atomic mass is 10.2. The highest BCUT2D eigenvalue weighted by Crippen LogP contribution is 2.19. The Hall–Kier alpha value is -2.63. The molecule has 0 bridgehead atoms. The molecule has 3 rings (SSSR count). The zero-order valence-electron chi connectivity index (χ0n) is 12.1. The SMILES string of the molecule is CCc1nc(-c2cccc(NCc3cc(C)[nH]n3)c2)n[nH]1. The van der Waals surface area contributed by atoms with E-state index < -0.39 is 0 Å². The zero-order valence-corrected chi connectivity index (χ0v) is 12.1. The van der Waals surface area contributed by atoms with E-state index in [0.29, 0.717) is 6.54 Å². The summed E-state index contributed by atoms with van der Waals surface area (Å²) in [6.07, 6.45) is 0.851.